The number of hydrogen-bond acceptors (Lipinski definition) is 4. The molecule has 0 spiro atoms. The highest BCUT2D eigenvalue weighted by Gasteiger charge is 2.17. The first-order valence-corrected chi connectivity index (χ1v) is 4.85. The summed E-state index contributed by atoms with van der Waals surface area (Å²) in [4.78, 5) is 11.1. The lowest BCUT2D eigenvalue weighted by molar-refractivity contribution is -0.142. The minimum absolute atomic E-state index is 0.142. The van der Waals surface area contributed by atoms with Gasteiger partial charge in [-0.3, -0.25) is 4.79 Å². The van der Waals surface area contributed by atoms with E-state index in [1.165, 1.54) is 25.3 Å². The molecule has 16 heavy (non-hydrogen) atoms. The standard InChI is InChI=1S/C11H14FNO3/c1-3-16-9-5-4-7(6-8(9)12)10(13)11(14)15-2/h4-6,10H,3,13H2,1-2H3. The van der Waals surface area contributed by atoms with Crippen molar-refractivity contribution in [3.8, 4) is 5.75 Å². The highest BCUT2D eigenvalue weighted by molar-refractivity contribution is 5.77. The van der Waals surface area contributed by atoms with Crippen LogP contribution in [0.15, 0.2) is 18.2 Å². The van der Waals surface area contributed by atoms with E-state index in [2.05, 4.69) is 4.74 Å². The minimum Gasteiger partial charge on any atom is -0.491 e. The Labute approximate surface area is 93.2 Å². The average molecular weight is 227 g/mol. The van der Waals surface area contributed by atoms with Crippen molar-refractivity contribution in [1.29, 1.82) is 0 Å². The van der Waals surface area contributed by atoms with Gasteiger partial charge in [-0.1, -0.05) is 6.07 Å². The summed E-state index contributed by atoms with van der Waals surface area (Å²) in [6.07, 6.45) is 0. The zero-order valence-electron chi connectivity index (χ0n) is 9.20. The number of esters is 1. The van der Waals surface area contributed by atoms with E-state index in [-0.39, 0.29) is 5.75 Å². The smallest absolute Gasteiger partial charge is 0.327 e. The first-order chi connectivity index (χ1) is 7.60. The third kappa shape index (κ3) is 2.70. The fraction of sp³-hybridized carbons (Fsp3) is 0.364. The predicted octanol–water partition coefficient (Wildman–Crippen LogP) is 1.40. The number of halogens is 1. The van der Waals surface area contributed by atoms with Gasteiger partial charge in [0.1, 0.15) is 6.04 Å². The van der Waals surface area contributed by atoms with Gasteiger partial charge >= 0.3 is 5.97 Å². The maximum Gasteiger partial charge on any atom is 0.327 e. The van der Waals surface area contributed by atoms with Crippen molar-refractivity contribution >= 4 is 5.97 Å². The largest absolute Gasteiger partial charge is 0.491 e. The van der Waals surface area contributed by atoms with Crippen LogP contribution in [0.4, 0.5) is 4.39 Å². The molecule has 0 saturated carbocycles. The van der Waals surface area contributed by atoms with Gasteiger partial charge in [-0.05, 0) is 24.6 Å². The van der Waals surface area contributed by atoms with Crippen molar-refractivity contribution in [3.05, 3.63) is 29.6 Å². The van der Waals surface area contributed by atoms with E-state index in [9.17, 15) is 9.18 Å². The Morgan fingerprint density at radius 3 is 2.75 bits per heavy atom. The molecule has 1 aromatic carbocycles. The molecule has 0 aliphatic rings. The van der Waals surface area contributed by atoms with Crippen LogP contribution in [0.1, 0.15) is 18.5 Å². The third-order valence-electron chi connectivity index (χ3n) is 2.07. The topological polar surface area (TPSA) is 61.5 Å². The number of methoxy groups -OCH3 is 1. The van der Waals surface area contributed by atoms with E-state index in [1.807, 2.05) is 0 Å². The van der Waals surface area contributed by atoms with Gasteiger partial charge in [0.05, 0.1) is 13.7 Å². The highest BCUT2D eigenvalue weighted by atomic mass is 19.1. The van der Waals surface area contributed by atoms with Crippen LogP contribution >= 0.6 is 0 Å². The van der Waals surface area contributed by atoms with E-state index >= 15 is 0 Å². The Morgan fingerprint density at radius 1 is 1.56 bits per heavy atom. The maximum absolute atomic E-state index is 13.4. The minimum atomic E-state index is -0.977. The molecular formula is C11H14FNO3. The maximum atomic E-state index is 13.4. The molecule has 0 aromatic heterocycles. The molecule has 1 atom stereocenters. The summed E-state index contributed by atoms with van der Waals surface area (Å²) < 4.78 is 22.9. The summed E-state index contributed by atoms with van der Waals surface area (Å²) in [6, 6.07) is 3.18. The lowest BCUT2D eigenvalue weighted by Gasteiger charge is -2.11. The summed E-state index contributed by atoms with van der Waals surface area (Å²) in [7, 11) is 1.23. The molecule has 0 aliphatic carbocycles. The molecule has 0 aliphatic heterocycles. The van der Waals surface area contributed by atoms with Gasteiger partial charge in [-0.2, -0.15) is 0 Å². The number of ether oxygens (including phenoxy) is 2. The van der Waals surface area contributed by atoms with Crippen molar-refractivity contribution < 1.29 is 18.7 Å². The SMILES string of the molecule is CCOc1ccc(C(N)C(=O)OC)cc1F. The van der Waals surface area contributed by atoms with Crippen LogP contribution in [0.2, 0.25) is 0 Å². The van der Waals surface area contributed by atoms with Crippen molar-refractivity contribution in [3.63, 3.8) is 0 Å². The van der Waals surface area contributed by atoms with Gasteiger partial charge in [-0.15, -0.1) is 0 Å². The fourth-order valence-corrected chi connectivity index (χ4v) is 1.25. The normalized spacial score (nSPS) is 12.0. The Kier molecular flexibility index (Phi) is 4.25. The molecular weight excluding hydrogens is 213 g/mol. The summed E-state index contributed by atoms with van der Waals surface area (Å²) >= 11 is 0. The molecule has 1 rings (SSSR count). The summed E-state index contributed by atoms with van der Waals surface area (Å²) in [5, 5.41) is 0. The lowest BCUT2D eigenvalue weighted by Crippen LogP contribution is -2.22. The Hall–Kier alpha value is -1.62. The molecule has 0 fully saturated rings. The van der Waals surface area contributed by atoms with Crippen molar-refractivity contribution in [2.45, 2.75) is 13.0 Å². The van der Waals surface area contributed by atoms with Gasteiger partial charge in [0.2, 0.25) is 0 Å². The second-order valence-electron chi connectivity index (χ2n) is 3.12. The number of carbonyl (C=O) groups excluding carboxylic acids is 1. The fourth-order valence-electron chi connectivity index (χ4n) is 1.25. The molecule has 0 amide bonds. The predicted molar refractivity (Wildman–Crippen MR) is 56.5 cm³/mol. The van der Waals surface area contributed by atoms with E-state index in [1.54, 1.807) is 6.92 Å². The molecule has 0 saturated heterocycles. The lowest BCUT2D eigenvalue weighted by atomic mass is 10.1. The summed E-state index contributed by atoms with van der Waals surface area (Å²) in [5.41, 5.74) is 5.91. The summed E-state index contributed by atoms with van der Waals surface area (Å²) in [5.74, 6) is -1.01. The van der Waals surface area contributed by atoms with Crippen LogP contribution in [0.5, 0.6) is 5.75 Å². The zero-order chi connectivity index (χ0) is 12.1. The van der Waals surface area contributed by atoms with Crippen molar-refractivity contribution in [1.82, 2.24) is 0 Å². The van der Waals surface area contributed by atoms with Crippen LogP contribution in [0, 0.1) is 5.82 Å². The monoisotopic (exact) mass is 227 g/mol. The second-order valence-corrected chi connectivity index (χ2v) is 3.12. The van der Waals surface area contributed by atoms with E-state index in [0.717, 1.165) is 0 Å². The second kappa shape index (κ2) is 5.46. The van der Waals surface area contributed by atoms with Gasteiger partial charge in [0, 0.05) is 0 Å². The molecule has 0 bridgehead atoms. The molecule has 1 aromatic rings. The van der Waals surface area contributed by atoms with Crippen LogP contribution in [-0.4, -0.2) is 19.7 Å². The Balaban J connectivity index is 2.92. The quantitative estimate of drug-likeness (QED) is 0.790. The van der Waals surface area contributed by atoms with E-state index < -0.39 is 17.8 Å². The van der Waals surface area contributed by atoms with Crippen molar-refractivity contribution in [2.24, 2.45) is 5.73 Å². The molecule has 0 heterocycles. The number of nitrogens with two attached hydrogens (primary N) is 1. The average Bonchev–Trinajstić information content (AvgIpc) is 2.30. The molecule has 1 unspecified atom stereocenters. The van der Waals surface area contributed by atoms with Crippen LogP contribution in [-0.2, 0) is 9.53 Å². The third-order valence-corrected chi connectivity index (χ3v) is 2.07. The Morgan fingerprint density at radius 2 is 2.25 bits per heavy atom. The summed E-state index contributed by atoms with van der Waals surface area (Å²) in [6.45, 7) is 2.13. The number of hydrogen-bond donors (Lipinski definition) is 1. The molecule has 88 valence electrons. The van der Waals surface area contributed by atoms with Crippen LogP contribution in [0.3, 0.4) is 0 Å². The van der Waals surface area contributed by atoms with E-state index in [4.69, 9.17) is 10.5 Å². The highest BCUT2D eigenvalue weighted by Crippen LogP contribution is 2.21. The van der Waals surface area contributed by atoms with Gasteiger partial charge in [0.25, 0.3) is 0 Å². The first kappa shape index (κ1) is 12.4. The first-order valence-electron chi connectivity index (χ1n) is 4.85. The number of carbonyl (C=O) groups is 1. The molecule has 5 heteroatoms. The van der Waals surface area contributed by atoms with Gasteiger partial charge < -0.3 is 15.2 Å². The van der Waals surface area contributed by atoms with Crippen molar-refractivity contribution in [2.75, 3.05) is 13.7 Å². The number of rotatable bonds is 4. The van der Waals surface area contributed by atoms with Crippen LogP contribution in [0.25, 0.3) is 0 Å². The molecule has 2 N–H and O–H groups in total. The van der Waals surface area contributed by atoms with Crippen LogP contribution < -0.4 is 10.5 Å². The zero-order valence-corrected chi connectivity index (χ0v) is 9.20. The van der Waals surface area contributed by atoms with Gasteiger partial charge in [0.15, 0.2) is 11.6 Å². The number of benzene rings is 1. The molecule has 4 nitrogen and oxygen atoms in total. The Bertz CT molecular complexity index is 381. The molecule has 0 radical (unpaired) electrons. The van der Waals surface area contributed by atoms with E-state index in [0.29, 0.717) is 12.2 Å². The van der Waals surface area contributed by atoms with Gasteiger partial charge in [-0.25, -0.2) is 4.39 Å².